The Balaban J connectivity index is 1.53. The second kappa shape index (κ2) is 7.74. The van der Waals surface area contributed by atoms with Crippen molar-refractivity contribution in [3.63, 3.8) is 0 Å². The SMILES string of the molecule is COc1ccc(C2CCCN2C(=O)c2cc(C)nc3c2nc2n3CCCCC2)cc1. The van der Waals surface area contributed by atoms with Gasteiger partial charge >= 0.3 is 0 Å². The number of benzene rings is 1. The number of amides is 1. The molecule has 0 bridgehead atoms. The minimum Gasteiger partial charge on any atom is -0.497 e. The van der Waals surface area contributed by atoms with E-state index in [0.717, 1.165) is 79.2 Å². The van der Waals surface area contributed by atoms with Crippen LogP contribution >= 0.6 is 0 Å². The van der Waals surface area contributed by atoms with Crippen molar-refractivity contribution in [3.05, 3.63) is 53.0 Å². The quantitative estimate of drug-likeness (QED) is 0.647. The number of ether oxygens (including phenoxy) is 1. The number of imidazole rings is 1. The number of nitrogens with zero attached hydrogens (tertiary/aromatic N) is 4. The number of pyridine rings is 1. The van der Waals surface area contributed by atoms with Crippen LogP contribution in [-0.2, 0) is 13.0 Å². The highest BCUT2D eigenvalue weighted by Crippen LogP contribution is 2.35. The first-order valence-corrected chi connectivity index (χ1v) is 11.0. The number of fused-ring (bicyclic) bond motifs is 3. The van der Waals surface area contributed by atoms with Gasteiger partial charge in [0.15, 0.2) is 5.65 Å². The fourth-order valence-corrected chi connectivity index (χ4v) is 4.92. The predicted octanol–water partition coefficient (Wildman–Crippen LogP) is 4.45. The summed E-state index contributed by atoms with van der Waals surface area (Å²) in [5, 5.41) is 0. The van der Waals surface area contributed by atoms with E-state index < -0.39 is 0 Å². The molecule has 1 fully saturated rings. The second-order valence-electron chi connectivity index (χ2n) is 8.40. The number of carbonyl (C=O) groups excluding carboxylic acids is 1. The van der Waals surface area contributed by atoms with E-state index in [-0.39, 0.29) is 11.9 Å². The van der Waals surface area contributed by atoms with E-state index in [9.17, 15) is 4.79 Å². The van der Waals surface area contributed by atoms with E-state index >= 15 is 0 Å². The Morgan fingerprint density at radius 1 is 1.07 bits per heavy atom. The van der Waals surface area contributed by atoms with Gasteiger partial charge < -0.3 is 14.2 Å². The molecule has 1 atom stereocenters. The van der Waals surface area contributed by atoms with E-state index in [1.807, 2.05) is 30.0 Å². The fraction of sp³-hybridized carbons (Fsp3) is 0.458. The van der Waals surface area contributed by atoms with Gasteiger partial charge in [-0.05, 0) is 56.4 Å². The Morgan fingerprint density at radius 2 is 1.90 bits per heavy atom. The lowest BCUT2D eigenvalue weighted by Crippen LogP contribution is -2.31. The lowest BCUT2D eigenvalue weighted by molar-refractivity contribution is 0.0737. The highest BCUT2D eigenvalue weighted by Gasteiger charge is 2.32. The van der Waals surface area contributed by atoms with Gasteiger partial charge in [-0.2, -0.15) is 0 Å². The number of hydrogen-bond donors (Lipinski definition) is 0. The fourth-order valence-electron chi connectivity index (χ4n) is 4.92. The van der Waals surface area contributed by atoms with Crippen LogP contribution in [0.2, 0.25) is 0 Å². The number of methoxy groups -OCH3 is 1. The third kappa shape index (κ3) is 3.24. The van der Waals surface area contributed by atoms with Crippen LogP contribution in [-0.4, -0.2) is 39.0 Å². The number of aromatic nitrogens is 3. The molecule has 0 N–H and O–H groups in total. The number of likely N-dealkylation sites (tertiary alicyclic amines) is 1. The Bertz CT molecular complexity index is 1090. The average Bonchev–Trinajstić information content (AvgIpc) is 3.31. The third-order valence-corrected chi connectivity index (χ3v) is 6.44. The minimum absolute atomic E-state index is 0.0667. The van der Waals surface area contributed by atoms with Crippen LogP contribution in [0.3, 0.4) is 0 Å². The van der Waals surface area contributed by atoms with Crippen LogP contribution in [0.1, 0.15) is 65.6 Å². The summed E-state index contributed by atoms with van der Waals surface area (Å²) in [4.78, 5) is 25.4. The Kier molecular flexibility index (Phi) is 4.93. The molecule has 4 heterocycles. The van der Waals surface area contributed by atoms with Crippen LogP contribution in [0.5, 0.6) is 5.75 Å². The van der Waals surface area contributed by atoms with Gasteiger partial charge in [0.1, 0.15) is 17.1 Å². The van der Waals surface area contributed by atoms with Crippen molar-refractivity contribution in [2.24, 2.45) is 0 Å². The molecule has 5 rings (SSSR count). The summed E-state index contributed by atoms with van der Waals surface area (Å²) >= 11 is 0. The van der Waals surface area contributed by atoms with Crippen molar-refractivity contribution in [1.82, 2.24) is 19.4 Å². The molecule has 156 valence electrons. The molecule has 0 spiro atoms. The molecule has 1 aromatic carbocycles. The zero-order chi connectivity index (χ0) is 20.7. The summed E-state index contributed by atoms with van der Waals surface area (Å²) in [6.07, 6.45) is 6.46. The van der Waals surface area contributed by atoms with Gasteiger partial charge in [0.05, 0.1) is 18.7 Å². The average molecular weight is 405 g/mol. The lowest BCUT2D eigenvalue weighted by Gasteiger charge is -2.25. The predicted molar refractivity (Wildman–Crippen MR) is 116 cm³/mol. The summed E-state index contributed by atoms with van der Waals surface area (Å²) in [6.45, 7) is 3.68. The van der Waals surface area contributed by atoms with Crippen molar-refractivity contribution in [2.75, 3.05) is 13.7 Å². The standard InChI is InChI=1S/C24H28N4O2/c1-16-15-19(22-23(25-16)28-13-5-3-4-8-21(28)26-22)24(29)27-14-6-7-20(27)17-9-11-18(30-2)12-10-17/h9-12,15,20H,3-8,13-14H2,1-2H3. The van der Waals surface area contributed by atoms with Crippen LogP contribution in [0.4, 0.5) is 0 Å². The molecule has 1 amide bonds. The van der Waals surface area contributed by atoms with E-state index in [1.54, 1.807) is 7.11 Å². The van der Waals surface area contributed by atoms with E-state index in [1.165, 1.54) is 6.42 Å². The molecule has 0 radical (unpaired) electrons. The first-order chi connectivity index (χ1) is 14.7. The van der Waals surface area contributed by atoms with Gasteiger partial charge in [-0.1, -0.05) is 18.6 Å². The molecule has 0 saturated carbocycles. The largest absolute Gasteiger partial charge is 0.497 e. The molecular formula is C24H28N4O2. The van der Waals surface area contributed by atoms with Crippen LogP contribution in [0.25, 0.3) is 11.2 Å². The second-order valence-corrected chi connectivity index (χ2v) is 8.40. The first kappa shape index (κ1) is 19.1. The van der Waals surface area contributed by atoms with Crippen molar-refractivity contribution in [2.45, 2.75) is 58.0 Å². The zero-order valence-corrected chi connectivity index (χ0v) is 17.7. The summed E-state index contributed by atoms with van der Waals surface area (Å²) in [6, 6.07) is 10.1. The molecule has 3 aromatic rings. The summed E-state index contributed by atoms with van der Waals surface area (Å²) in [5.41, 5.74) is 4.36. The molecule has 0 aliphatic carbocycles. The summed E-state index contributed by atoms with van der Waals surface area (Å²) < 4.78 is 7.52. The number of rotatable bonds is 3. The van der Waals surface area contributed by atoms with Gasteiger partial charge in [-0.25, -0.2) is 9.97 Å². The van der Waals surface area contributed by atoms with Gasteiger partial charge in [0.25, 0.3) is 5.91 Å². The lowest BCUT2D eigenvalue weighted by atomic mass is 10.0. The molecular weight excluding hydrogens is 376 g/mol. The normalized spacial score (nSPS) is 19.0. The zero-order valence-electron chi connectivity index (χ0n) is 17.7. The van der Waals surface area contributed by atoms with Crippen molar-refractivity contribution >= 4 is 17.1 Å². The third-order valence-electron chi connectivity index (χ3n) is 6.44. The molecule has 2 aliphatic heterocycles. The first-order valence-electron chi connectivity index (χ1n) is 11.0. The molecule has 6 heteroatoms. The highest BCUT2D eigenvalue weighted by atomic mass is 16.5. The highest BCUT2D eigenvalue weighted by molar-refractivity contribution is 6.04. The Morgan fingerprint density at radius 3 is 2.70 bits per heavy atom. The maximum absolute atomic E-state index is 13.7. The van der Waals surface area contributed by atoms with Crippen LogP contribution in [0.15, 0.2) is 30.3 Å². The maximum atomic E-state index is 13.7. The van der Waals surface area contributed by atoms with Crippen LogP contribution < -0.4 is 4.74 Å². The maximum Gasteiger partial charge on any atom is 0.256 e. The van der Waals surface area contributed by atoms with E-state index in [2.05, 4.69) is 16.7 Å². The Hall–Kier alpha value is -2.89. The molecule has 30 heavy (non-hydrogen) atoms. The topological polar surface area (TPSA) is 60.2 Å². The van der Waals surface area contributed by atoms with Gasteiger partial charge in [0.2, 0.25) is 0 Å². The minimum atomic E-state index is 0.0667. The molecule has 1 saturated heterocycles. The summed E-state index contributed by atoms with van der Waals surface area (Å²) in [7, 11) is 1.67. The van der Waals surface area contributed by atoms with Crippen molar-refractivity contribution in [3.8, 4) is 5.75 Å². The van der Waals surface area contributed by atoms with E-state index in [0.29, 0.717) is 5.56 Å². The van der Waals surface area contributed by atoms with Crippen molar-refractivity contribution < 1.29 is 9.53 Å². The number of aryl methyl sites for hydroxylation is 3. The molecule has 1 unspecified atom stereocenters. The number of carbonyl (C=O) groups is 1. The van der Waals surface area contributed by atoms with Gasteiger partial charge in [0, 0.05) is 25.2 Å². The van der Waals surface area contributed by atoms with Crippen LogP contribution in [0, 0.1) is 6.92 Å². The Labute approximate surface area is 176 Å². The van der Waals surface area contributed by atoms with Gasteiger partial charge in [-0.3, -0.25) is 4.79 Å². The summed E-state index contributed by atoms with van der Waals surface area (Å²) in [5.74, 6) is 1.97. The smallest absolute Gasteiger partial charge is 0.256 e. The molecule has 6 nitrogen and oxygen atoms in total. The van der Waals surface area contributed by atoms with Gasteiger partial charge in [-0.15, -0.1) is 0 Å². The molecule has 2 aliphatic rings. The van der Waals surface area contributed by atoms with E-state index in [4.69, 9.17) is 14.7 Å². The monoisotopic (exact) mass is 404 g/mol. The number of hydrogen-bond acceptors (Lipinski definition) is 4. The molecule has 2 aromatic heterocycles. The van der Waals surface area contributed by atoms with Crippen molar-refractivity contribution in [1.29, 1.82) is 0 Å².